The Morgan fingerprint density at radius 3 is 2.62 bits per heavy atom. The molecule has 1 unspecified atom stereocenters. The lowest BCUT2D eigenvalue weighted by Crippen LogP contribution is -1.91. The highest BCUT2D eigenvalue weighted by atomic mass is 32.2. The van der Waals surface area contributed by atoms with Gasteiger partial charge < -0.3 is 0 Å². The smallest absolute Gasteiger partial charge is 0.0945 e. The lowest BCUT2D eigenvalue weighted by molar-refractivity contribution is 1.12. The van der Waals surface area contributed by atoms with Crippen LogP contribution < -0.4 is 0 Å². The Balaban J connectivity index is 2.49. The second-order valence-corrected chi connectivity index (χ2v) is 4.46. The second kappa shape index (κ2) is 2.35. The fraction of sp³-hybridized carbons (Fsp3) is 0.500. The molecule has 1 nitrogen and oxygen atoms in total. The van der Waals surface area contributed by atoms with E-state index in [9.17, 15) is 0 Å². The monoisotopic (exact) mass is 128 g/mol. The van der Waals surface area contributed by atoms with E-state index in [1.54, 1.807) is 0 Å². The molecule has 0 saturated heterocycles. The first-order valence-corrected chi connectivity index (χ1v) is 4.25. The summed E-state index contributed by atoms with van der Waals surface area (Å²) in [6.07, 6.45) is 2.83. The SMILES string of the molecule is CC(C)[SH]1C=[C]N=C1. The number of thiol groups is 1. The Bertz CT molecular complexity index is 114. The summed E-state index contributed by atoms with van der Waals surface area (Å²) in [5.41, 5.74) is 2.00. The molecule has 0 N–H and O–H groups in total. The maximum atomic E-state index is 3.88. The van der Waals surface area contributed by atoms with Crippen LogP contribution in [0.5, 0.6) is 0 Å². The van der Waals surface area contributed by atoms with Crippen molar-refractivity contribution in [2.45, 2.75) is 19.1 Å². The minimum atomic E-state index is -0.0319. The van der Waals surface area contributed by atoms with Gasteiger partial charge in [0, 0.05) is 5.55 Å². The van der Waals surface area contributed by atoms with Gasteiger partial charge in [-0.05, 0) is 10.7 Å². The summed E-state index contributed by atoms with van der Waals surface area (Å²) >= 11 is 0. The van der Waals surface area contributed by atoms with Gasteiger partial charge in [-0.2, -0.15) is 10.9 Å². The molecule has 0 bridgehead atoms. The van der Waals surface area contributed by atoms with Crippen LogP contribution in [-0.2, 0) is 0 Å². The summed E-state index contributed by atoms with van der Waals surface area (Å²) in [6, 6.07) is 0. The van der Waals surface area contributed by atoms with Crippen LogP contribution in [0.25, 0.3) is 0 Å². The van der Waals surface area contributed by atoms with Crippen LogP contribution in [0.4, 0.5) is 0 Å². The highest BCUT2D eigenvalue weighted by Gasteiger charge is 2.03. The molecule has 0 fully saturated rings. The van der Waals surface area contributed by atoms with Crippen LogP contribution in [0.1, 0.15) is 13.8 Å². The van der Waals surface area contributed by atoms with E-state index in [-0.39, 0.29) is 10.9 Å². The topological polar surface area (TPSA) is 12.4 Å². The maximum Gasteiger partial charge on any atom is 0.0945 e. The van der Waals surface area contributed by atoms with E-state index in [1.165, 1.54) is 0 Å². The van der Waals surface area contributed by atoms with Gasteiger partial charge in [0.05, 0.1) is 6.20 Å². The van der Waals surface area contributed by atoms with Crippen LogP contribution in [0.2, 0.25) is 0 Å². The van der Waals surface area contributed by atoms with Crippen molar-refractivity contribution >= 4 is 16.4 Å². The highest BCUT2D eigenvalue weighted by Crippen LogP contribution is 2.32. The first-order chi connectivity index (χ1) is 3.80. The van der Waals surface area contributed by atoms with Gasteiger partial charge in [-0.25, -0.2) is 4.99 Å². The number of hydrogen-bond acceptors (Lipinski definition) is 1. The van der Waals surface area contributed by atoms with Crippen molar-refractivity contribution in [3.05, 3.63) is 11.6 Å². The molecule has 0 amide bonds. The molecule has 1 atom stereocenters. The van der Waals surface area contributed by atoms with E-state index in [4.69, 9.17) is 0 Å². The summed E-state index contributed by atoms with van der Waals surface area (Å²) in [5.74, 6) is 0. The fourth-order valence-electron chi connectivity index (χ4n) is 0.516. The van der Waals surface area contributed by atoms with Gasteiger partial charge >= 0.3 is 0 Å². The van der Waals surface area contributed by atoms with E-state index in [0.29, 0.717) is 0 Å². The maximum absolute atomic E-state index is 3.88. The number of aliphatic imine (C=N–C) groups is 1. The molecule has 0 saturated carbocycles. The Morgan fingerprint density at radius 2 is 2.38 bits per heavy atom. The number of hydrogen-bond donors (Lipinski definition) is 1. The minimum Gasteiger partial charge on any atom is -0.249 e. The third-order valence-electron chi connectivity index (χ3n) is 1.07. The molecule has 0 aromatic heterocycles. The Labute approximate surface area is 52.9 Å². The largest absolute Gasteiger partial charge is 0.249 e. The van der Waals surface area contributed by atoms with Crippen molar-refractivity contribution in [2.24, 2.45) is 4.99 Å². The first-order valence-electron chi connectivity index (χ1n) is 2.70. The molecule has 0 spiro atoms. The zero-order valence-corrected chi connectivity index (χ0v) is 6.02. The molecule has 1 aliphatic heterocycles. The second-order valence-electron chi connectivity index (χ2n) is 2.04. The van der Waals surface area contributed by atoms with Gasteiger partial charge in [0.15, 0.2) is 0 Å². The molecule has 0 aromatic rings. The molecular formula is C6H10NS. The Hall–Kier alpha value is -0.240. The van der Waals surface area contributed by atoms with Crippen LogP contribution >= 0.6 is 10.9 Å². The predicted octanol–water partition coefficient (Wildman–Crippen LogP) is 1.71. The van der Waals surface area contributed by atoms with Gasteiger partial charge in [-0.1, -0.05) is 13.8 Å². The molecular weight excluding hydrogens is 118 g/mol. The zero-order chi connectivity index (χ0) is 5.98. The van der Waals surface area contributed by atoms with Crippen molar-refractivity contribution in [1.29, 1.82) is 0 Å². The van der Waals surface area contributed by atoms with Gasteiger partial charge in [-0.3, -0.25) is 0 Å². The van der Waals surface area contributed by atoms with Crippen LogP contribution in [0.3, 0.4) is 0 Å². The molecule has 1 heterocycles. The predicted molar refractivity (Wildman–Crippen MR) is 40.4 cm³/mol. The van der Waals surface area contributed by atoms with Crippen molar-refractivity contribution in [3.63, 3.8) is 0 Å². The average Bonchev–Trinajstić information content (AvgIpc) is 2.12. The summed E-state index contributed by atoms with van der Waals surface area (Å²) < 4.78 is 0. The normalized spacial score (nSPS) is 30.1. The third-order valence-corrected chi connectivity index (χ3v) is 3.06. The standard InChI is InChI=1S/C6H10NS/c1-6(2)8-4-3-7-5-8/h4-6,8H,1-2H3. The third kappa shape index (κ3) is 1.13. The molecule has 0 aliphatic carbocycles. The Kier molecular flexibility index (Phi) is 1.73. The number of nitrogens with zero attached hydrogens (tertiary/aromatic N) is 1. The summed E-state index contributed by atoms with van der Waals surface area (Å²) in [4.78, 5) is 3.88. The fourth-order valence-corrected chi connectivity index (χ4v) is 1.55. The summed E-state index contributed by atoms with van der Waals surface area (Å²) in [7, 11) is -0.0319. The van der Waals surface area contributed by atoms with Crippen molar-refractivity contribution < 1.29 is 0 Å². The van der Waals surface area contributed by atoms with E-state index >= 15 is 0 Å². The van der Waals surface area contributed by atoms with Gasteiger partial charge in [0.2, 0.25) is 0 Å². The van der Waals surface area contributed by atoms with Crippen molar-refractivity contribution in [1.82, 2.24) is 0 Å². The van der Waals surface area contributed by atoms with Crippen LogP contribution in [0, 0.1) is 6.20 Å². The number of rotatable bonds is 1. The van der Waals surface area contributed by atoms with E-state index < -0.39 is 0 Å². The average molecular weight is 128 g/mol. The minimum absolute atomic E-state index is 0.0319. The lowest BCUT2D eigenvalue weighted by Gasteiger charge is -2.11. The first kappa shape index (κ1) is 5.89. The molecule has 0 aromatic carbocycles. The Morgan fingerprint density at radius 1 is 1.62 bits per heavy atom. The summed E-state index contributed by atoms with van der Waals surface area (Å²) in [6.45, 7) is 4.42. The zero-order valence-electron chi connectivity index (χ0n) is 5.13. The van der Waals surface area contributed by atoms with Gasteiger partial charge in [0.1, 0.15) is 0 Å². The van der Waals surface area contributed by atoms with E-state index in [0.717, 1.165) is 5.25 Å². The van der Waals surface area contributed by atoms with Crippen LogP contribution in [0.15, 0.2) is 10.4 Å². The summed E-state index contributed by atoms with van der Waals surface area (Å²) in [5, 5.41) is 2.81. The van der Waals surface area contributed by atoms with Crippen molar-refractivity contribution in [2.75, 3.05) is 0 Å². The van der Waals surface area contributed by atoms with Gasteiger partial charge in [0.25, 0.3) is 0 Å². The van der Waals surface area contributed by atoms with E-state index in [2.05, 4.69) is 30.4 Å². The molecule has 1 aliphatic rings. The quantitative estimate of drug-likeness (QED) is 0.516. The molecule has 8 heavy (non-hydrogen) atoms. The molecule has 1 rings (SSSR count). The lowest BCUT2D eigenvalue weighted by atomic mass is 10.6. The van der Waals surface area contributed by atoms with Gasteiger partial charge in [-0.15, -0.1) is 0 Å². The van der Waals surface area contributed by atoms with E-state index in [1.807, 2.05) is 5.55 Å². The van der Waals surface area contributed by atoms with Crippen molar-refractivity contribution in [3.8, 4) is 0 Å². The molecule has 2 heteroatoms. The molecule has 45 valence electrons. The molecule has 1 radical (unpaired) electrons. The highest BCUT2D eigenvalue weighted by molar-refractivity contribution is 8.31. The van der Waals surface area contributed by atoms with Crippen LogP contribution in [-0.4, -0.2) is 10.8 Å².